The molecule has 1 N–H and O–H groups in total. The number of rotatable bonds is 2. The molecule has 0 aromatic carbocycles. The summed E-state index contributed by atoms with van der Waals surface area (Å²) in [5.41, 5.74) is 1.86. The highest BCUT2D eigenvalue weighted by Gasteiger charge is 2.19. The van der Waals surface area contributed by atoms with Crippen molar-refractivity contribution >= 4 is 28.7 Å². The molecular weight excluding hydrogens is 296 g/mol. The quantitative estimate of drug-likeness (QED) is 0.907. The molecule has 0 spiro atoms. The fourth-order valence-corrected chi connectivity index (χ4v) is 3.40. The van der Waals surface area contributed by atoms with Gasteiger partial charge in [-0.15, -0.1) is 23.7 Å². The first-order valence-electron chi connectivity index (χ1n) is 6.56. The molecule has 1 fully saturated rings. The zero-order valence-corrected chi connectivity index (χ0v) is 13.3. The molecule has 0 amide bonds. The number of fused-ring (bicyclic) bond motifs is 1. The van der Waals surface area contributed by atoms with Crippen molar-refractivity contribution in [2.45, 2.75) is 26.4 Å². The van der Waals surface area contributed by atoms with Crippen LogP contribution in [0.2, 0.25) is 0 Å². The summed E-state index contributed by atoms with van der Waals surface area (Å²) in [5.74, 6) is 0. The van der Waals surface area contributed by atoms with Crippen LogP contribution in [0.5, 0.6) is 0 Å². The molecule has 1 aliphatic heterocycles. The van der Waals surface area contributed by atoms with Crippen molar-refractivity contribution in [3.8, 4) is 0 Å². The second kappa shape index (κ2) is 6.22. The predicted molar refractivity (Wildman–Crippen MR) is 84.1 cm³/mol. The van der Waals surface area contributed by atoms with Gasteiger partial charge in [-0.2, -0.15) is 0 Å². The van der Waals surface area contributed by atoms with Gasteiger partial charge in [0.2, 0.25) is 0 Å². The number of nitrogens with one attached hydrogen (secondary N) is 1. The Labute approximate surface area is 128 Å². The van der Waals surface area contributed by atoms with Gasteiger partial charge >= 0.3 is 0 Å². The van der Waals surface area contributed by atoms with Crippen molar-refractivity contribution in [1.29, 1.82) is 0 Å². The molecule has 3 heterocycles. The van der Waals surface area contributed by atoms with E-state index in [9.17, 15) is 4.79 Å². The minimum absolute atomic E-state index is 0. The number of halogens is 1. The van der Waals surface area contributed by atoms with Crippen molar-refractivity contribution in [2.24, 2.45) is 0 Å². The normalized spacial score (nSPS) is 20.0. The van der Waals surface area contributed by atoms with Gasteiger partial charge in [-0.05, 0) is 13.8 Å². The molecule has 5 nitrogen and oxygen atoms in total. The molecule has 1 aliphatic rings. The number of hydrogen-bond donors (Lipinski definition) is 1. The molecule has 0 saturated carbocycles. The van der Waals surface area contributed by atoms with Crippen LogP contribution < -0.4 is 10.9 Å². The third kappa shape index (κ3) is 2.88. The molecule has 1 atom stereocenters. The molecule has 110 valence electrons. The Morgan fingerprint density at radius 3 is 3.10 bits per heavy atom. The van der Waals surface area contributed by atoms with Gasteiger partial charge in [0.1, 0.15) is 0 Å². The highest BCUT2D eigenvalue weighted by molar-refractivity contribution is 7.15. The number of thiazole rings is 1. The Morgan fingerprint density at radius 2 is 2.35 bits per heavy atom. The van der Waals surface area contributed by atoms with Crippen LogP contribution in [0.25, 0.3) is 4.96 Å². The van der Waals surface area contributed by atoms with Crippen molar-refractivity contribution in [2.75, 3.05) is 19.6 Å². The average Bonchev–Trinajstić information content (AvgIpc) is 2.74. The Balaban J connectivity index is 0.00000147. The van der Waals surface area contributed by atoms with E-state index in [-0.39, 0.29) is 18.0 Å². The second-order valence-corrected chi connectivity index (χ2v) is 5.94. The van der Waals surface area contributed by atoms with Gasteiger partial charge < -0.3 is 5.32 Å². The van der Waals surface area contributed by atoms with Crippen molar-refractivity contribution < 1.29 is 0 Å². The van der Waals surface area contributed by atoms with Gasteiger partial charge in [-0.3, -0.25) is 14.1 Å². The number of nitrogens with zero attached hydrogens (tertiary/aromatic N) is 3. The highest BCUT2D eigenvalue weighted by atomic mass is 35.5. The summed E-state index contributed by atoms with van der Waals surface area (Å²) in [7, 11) is 0. The van der Waals surface area contributed by atoms with Crippen LogP contribution in [0.1, 0.15) is 18.3 Å². The fraction of sp³-hybridized carbons (Fsp3) is 0.538. The summed E-state index contributed by atoms with van der Waals surface area (Å²) < 4.78 is 1.68. The molecule has 2 aromatic heterocycles. The van der Waals surface area contributed by atoms with Crippen LogP contribution in [-0.2, 0) is 6.54 Å². The third-order valence-electron chi connectivity index (χ3n) is 3.63. The van der Waals surface area contributed by atoms with Crippen LogP contribution in [0, 0.1) is 6.92 Å². The SMILES string of the molecule is Cc1csc2nc(CN3CCNC[C@H]3C)cc(=O)n12.Cl. The summed E-state index contributed by atoms with van der Waals surface area (Å²) in [5, 5.41) is 5.34. The summed E-state index contributed by atoms with van der Waals surface area (Å²) in [6.07, 6.45) is 0. The molecule has 3 rings (SSSR count). The standard InChI is InChI=1S/C13H18N4OS.ClH/c1-9-6-14-3-4-16(9)7-11-5-12(18)17-10(2)8-19-13(17)15-11;/h5,8-9,14H,3-4,6-7H2,1-2H3;1H/t9-;/m1./s1. The maximum atomic E-state index is 12.1. The fourth-order valence-electron chi connectivity index (χ4n) is 2.51. The van der Waals surface area contributed by atoms with E-state index < -0.39 is 0 Å². The molecule has 7 heteroatoms. The van der Waals surface area contributed by atoms with Crippen LogP contribution in [0.15, 0.2) is 16.2 Å². The van der Waals surface area contributed by atoms with Crippen LogP contribution >= 0.6 is 23.7 Å². The number of aryl methyl sites for hydroxylation is 1. The lowest BCUT2D eigenvalue weighted by Crippen LogP contribution is -2.49. The summed E-state index contributed by atoms with van der Waals surface area (Å²) in [6.45, 7) is 7.90. The van der Waals surface area contributed by atoms with E-state index in [0.29, 0.717) is 6.04 Å². The van der Waals surface area contributed by atoms with Crippen LogP contribution in [0.4, 0.5) is 0 Å². The Morgan fingerprint density at radius 1 is 1.55 bits per heavy atom. The van der Waals surface area contributed by atoms with E-state index in [1.807, 2.05) is 12.3 Å². The van der Waals surface area contributed by atoms with Crippen molar-refractivity contribution in [3.05, 3.63) is 33.2 Å². The first-order valence-corrected chi connectivity index (χ1v) is 7.44. The molecule has 1 saturated heterocycles. The van der Waals surface area contributed by atoms with Crippen LogP contribution in [-0.4, -0.2) is 40.0 Å². The van der Waals surface area contributed by atoms with Crippen LogP contribution in [0.3, 0.4) is 0 Å². The summed E-state index contributed by atoms with van der Waals surface area (Å²) in [6, 6.07) is 2.15. The molecule has 2 aromatic rings. The second-order valence-electron chi connectivity index (χ2n) is 5.10. The van der Waals surface area contributed by atoms with Gasteiger partial charge in [-0.25, -0.2) is 4.98 Å². The molecule has 0 unspecified atom stereocenters. The summed E-state index contributed by atoms with van der Waals surface area (Å²) >= 11 is 1.53. The van der Waals surface area contributed by atoms with Gasteiger partial charge in [0.25, 0.3) is 5.56 Å². The van der Waals surface area contributed by atoms with E-state index in [4.69, 9.17) is 0 Å². The van der Waals surface area contributed by atoms with E-state index in [1.54, 1.807) is 10.5 Å². The lowest BCUT2D eigenvalue weighted by Gasteiger charge is -2.33. The zero-order valence-electron chi connectivity index (χ0n) is 11.6. The number of aromatic nitrogens is 2. The predicted octanol–water partition coefficient (Wildman–Crippen LogP) is 1.28. The average molecular weight is 315 g/mol. The topological polar surface area (TPSA) is 49.6 Å². The van der Waals surface area contributed by atoms with E-state index >= 15 is 0 Å². The maximum absolute atomic E-state index is 12.1. The summed E-state index contributed by atoms with van der Waals surface area (Å²) in [4.78, 5) is 19.9. The monoisotopic (exact) mass is 314 g/mol. The lowest BCUT2D eigenvalue weighted by molar-refractivity contribution is 0.164. The zero-order chi connectivity index (χ0) is 13.4. The lowest BCUT2D eigenvalue weighted by atomic mass is 10.2. The molecule has 0 radical (unpaired) electrons. The first-order chi connectivity index (χ1) is 9.15. The molecule has 20 heavy (non-hydrogen) atoms. The van der Waals surface area contributed by atoms with Gasteiger partial charge in [-0.1, -0.05) is 0 Å². The smallest absolute Gasteiger partial charge is 0.259 e. The van der Waals surface area contributed by atoms with E-state index in [2.05, 4.69) is 22.1 Å². The largest absolute Gasteiger partial charge is 0.314 e. The molecule has 0 aliphatic carbocycles. The minimum atomic E-state index is 0. The van der Waals surface area contributed by atoms with E-state index in [0.717, 1.165) is 42.5 Å². The Kier molecular flexibility index (Phi) is 4.80. The first kappa shape index (κ1) is 15.4. The van der Waals surface area contributed by atoms with Gasteiger partial charge in [0.05, 0.1) is 5.69 Å². The van der Waals surface area contributed by atoms with Crippen molar-refractivity contribution in [1.82, 2.24) is 19.6 Å². The van der Waals surface area contributed by atoms with Gasteiger partial charge in [0.15, 0.2) is 4.96 Å². The van der Waals surface area contributed by atoms with Gasteiger partial charge in [0, 0.05) is 49.4 Å². The highest BCUT2D eigenvalue weighted by Crippen LogP contribution is 2.13. The maximum Gasteiger partial charge on any atom is 0.259 e. The van der Waals surface area contributed by atoms with Crippen molar-refractivity contribution in [3.63, 3.8) is 0 Å². The Bertz CT molecular complexity index is 653. The minimum Gasteiger partial charge on any atom is -0.314 e. The number of hydrogen-bond acceptors (Lipinski definition) is 5. The third-order valence-corrected chi connectivity index (χ3v) is 4.58. The number of piperazine rings is 1. The molecule has 0 bridgehead atoms. The molecular formula is C13H19ClN4OS. The Hall–Kier alpha value is -0.950. The van der Waals surface area contributed by atoms with E-state index in [1.165, 1.54) is 11.3 Å².